The highest BCUT2D eigenvalue weighted by atomic mass is 16.2. The van der Waals surface area contributed by atoms with Crippen LogP contribution in [0.1, 0.15) is 44.0 Å². The third-order valence-corrected chi connectivity index (χ3v) is 4.55. The number of likely N-dealkylation sites (tertiary alicyclic amines) is 1. The van der Waals surface area contributed by atoms with E-state index in [1.807, 2.05) is 26.0 Å². The van der Waals surface area contributed by atoms with Gasteiger partial charge in [-0.3, -0.25) is 14.5 Å². The Labute approximate surface area is 145 Å². The molecule has 0 radical (unpaired) electrons. The van der Waals surface area contributed by atoms with E-state index < -0.39 is 0 Å². The smallest absolute Gasteiger partial charge is 0.253 e. The number of hydrogen-bond donors (Lipinski definition) is 1. The summed E-state index contributed by atoms with van der Waals surface area (Å²) in [7, 11) is 0. The maximum Gasteiger partial charge on any atom is 0.253 e. The summed E-state index contributed by atoms with van der Waals surface area (Å²) in [6.07, 6.45) is 2.40. The van der Waals surface area contributed by atoms with Crippen molar-refractivity contribution >= 4 is 17.5 Å². The molecule has 0 spiro atoms. The number of piperidine rings is 1. The summed E-state index contributed by atoms with van der Waals surface area (Å²) in [5, 5.41) is 2.92. The van der Waals surface area contributed by atoms with Crippen LogP contribution >= 0.6 is 0 Å². The molecule has 0 aromatic heterocycles. The first kappa shape index (κ1) is 18.5. The van der Waals surface area contributed by atoms with Crippen LogP contribution in [0.5, 0.6) is 0 Å². The average Bonchev–Trinajstić information content (AvgIpc) is 2.56. The predicted octanol–water partition coefficient (Wildman–Crippen LogP) is 2.84. The van der Waals surface area contributed by atoms with E-state index in [4.69, 9.17) is 0 Å². The van der Waals surface area contributed by atoms with Crippen LogP contribution in [-0.4, -0.2) is 54.3 Å². The molecule has 1 atom stereocenters. The van der Waals surface area contributed by atoms with Crippen molar-refractivity contribution in [2.45, 2.75) is 33.6 Å². The quantitative estimate of drug-likeness (QED) is 0.872. The molecule has 0 saturated carbocycles. The molecule has 1 N–H and O–H groups in total. The highest BCUT2D eigenvalue weighted by Gasteiger charge is 2.19. The fourth-order valence-electron chi connectivity index (χ4n) is 3.26. The van der Waals surface area contributed by atoms with E-state index in [-0.39, 0.29) is 11.8 Å². The molecule has 1 aromatic carbocycles. The lowest BCUT2D eigenvalue weighted by molar-refractivity contribution is -0.117. The molecule has 1 aromatic rings. The molecule has 24 heavy (non-hydrogen) atoms. The minimum Gasteiger partial charge on any atom is -0.339 e. The summed E-state index contributed by atoms with van der Waals surface area (Å²) in [5.74, 6) is 0.638. The van der Waals surface area contributed by atoms with Gasteiger partial charge in [0.15, 0.2) is 0 Å². The summed E-state index contributed by atoms with van der Waals surface area (Å²) < 4.78 is 0. The standard InChI is InChI=1S/C19H29N3O2/c1-4-22(5-2)19(24)16-9-6-10-17(12-16)20-18(23)14-21-11-7-8-15(3)13-21/h6,9-10,12,15H,4-5,7-8,11,13-14H2,1-3H3,(H,20,23)/t15-/m1/s1. The van der Waals surface area contributed by atoms with E-state index in [1.54, 1.807) is 17.0 Å². The number of carbonyl (C=O) groups excluding carboxylic acids is 2. The van der Waals surface area contributed by atoms with Gasteiger partial charge in [0.25, 0.3) is 5.91 Å². The minimum absolute atomic E-state index is 0.000884. The molecule has 0 aliphatic carbocycles. The zero-order valence-electron chi connectivity index (χ0n) is 15.0. The molecule has 132 valence electrons. The summed E-state index contributed by atoms with van der Waals surface area (Å²) in [4.78, 5) is 28.6. The van der Waals surface area contributed by atoms with Gasteiger partial charge in [0, 0.05) is 30.9 Å². The van der Waals surface area contributed by atoms with E-state index in [1.165, 1.54) is 6.42 Å². The number of nitrogens with one attached hydrogen (secondary N) is 1. The molecule has 2 rings (SSSR count). The molecule has 1 saturated heterocycles. The van der Waals surface area contributed by atoms with Gasteiger partial charge in [-0.2, -0.15) is 0 Å². The van der Waals surface area contributed by atoms with Gasteiger partial charge >= 0.3 is 0 Å². The Morgan fingerprint density at radius 2 is 2.04 bits per heavy atom. The molecule has 1 aliphatic heterocycles. The molecule has 0 unspecified atom stereocenters. The molecule has 2 amide bonds. The van der Waals surface area contributed by atoms with Gasteiger partial charge in [0.1, 0.15) is 0 Å². The zero-order chi connectivity index (χ0) is 17.5. The van der Waals surface area contributed by atoms with Crippen LogP contribution in [0.4, 0.5) is 5.69 Å². The molecular weight excluding hydrogens is 302 g/mol. The van der Waals surface area contributed by atoms with Crippen molar-refractivity contribution in [3.8, 4) is 0 Å². The van der Waals surface area contributed by atoms with Crippen molar-refractivity contribution in [3.05, 3.63) is 29.8 Å². The van der Waals surface area contributed by atoms with Gasteiger partial charge in [-0.05, 0) is 57.4 Å². The number of benzene rings is 1. The van der Waals surface area contributed by atoms with Crippen molar-refractivity contribution < 1.29 is 9.59 Å². The first-order chi connectivity index (χ1) is 11.5. The Balaban J connectivity index is 1.96. The van der Waals surface area contributed by atoms with Gasteiger partial charge < -0.3 is 10.2 Å². The summed E-state index contributed by atoms with van der Waals surface area (Å²) in [6, 6.07) is 7.20. The minimum atomic E-state index is -0.0171. The number of amides is 2. The van der Waals surface area contributed by atoms with Gasteiger partial charge in [-0.15, -0.1) is 0 Å². The summed E-state index contributed by atoms with van der Waals surface area (Å²) in [5.41, 5.74) is 1.30. The zero-order valence-corrected chi connectivity index (χ0v) is 15.0. The third kappa shape index (κ3) is 5.06. The molecule has 0 bridgehead atoms. The third-order valence-electron chi connectivity index (χ3n) is 4.55. The summed E-state index contributed by atoms with van der Waals surface area (Å²) >= 11 is 0. The number of nitrogens with zero attached hydrogens (tertiary/aromatic N) is 2. The van der Waals surface area contributed by atoms with Crippen LogP contribution in [0, 0.1) is 5.92 Å². The van der Waals surface area contributed by atoms with Gasteiger partial charge in [0.05, 0.1) is 6.54 Å². The monoisotopic (exact) mass is 331 g/mol. The average molecular weight is 331 g/mol. The second-order valence-corrected chi connectivity index (χ2v) is 6.59. The van der Waals surface area contributed by atoms with Crippen LogP contribution in [0.15, 0.2) is 24.3 Å². The van der Waals surface area contributed by atoms with Crippen molar-refractivity contribution in [1.29, 1.82) is 0 Å². The molecule has 1 heterocycles. The first-order valence-corrected chi connectivity index (χ1v) is 8.95. The second kappa shape index (κ2) is 8.83. The first-order valence-electron chi connectivity index (χ1n) is 8.95. The molecule has 5 nitrogen and oxygen atoms in total. The number of anilines is 1. The van der Waals surface area contributed by atoms with Crippen LogP contribution in [-0.2, 0) is 4.79 Å². The topological polar surface area (TPSA) is 52.7 Å². The molecule has 1 aliphatic rings. The van der Waals surface area contributed by atoms with Gasteiger partial charge in [0.2, 0.25) is 5.91 Å². The van der Waals surface area contributed by atoms with Crippen LogP contribution in [0.25, 0.3) is 0 Å². The van der Waals surface area contributed by atoms with Crippen LogP contribution < -0.4 is 5.32 Å². The maximum absolute atomic E-state index is 12.4. The molecule has 1 fully saturated rings. The largest absolute Gasteiger partial charge is 0.339 e. The van der Waals surface area contributed by atoms with Crippen LogP contribution in [0.3, 0.4) is 0 Å². The molecular formula is C19H29N3O2. The van der Waals surface area contributed by atoms with Crippen molar-refractivity contribution in [2.24, 2.45) is 5.92 Å². The van der Waals surface area contributed by atoms with E-state index in [9.17, 15) is 9.59 Å². The maximum atomic E-state index is 12.4. The second-order valence-electron chi connectivity index (χ2n) is 6.59. The lowest BCUT2D eigenvalue weighted by atomic mass is 10.0. The number of rotatable bonds is 6. The lowest BCUT2D eigenvalue weighted by Gasteiger charge is -2.30. The lowest BCUT2D eigenvalue weighted by Crippen LogP contribution is -2.39. The van der Waals surface area contributed by atoms with Gasteiger partial charge in [-0.25, -0.2) is 0 Å². The normalized spacial score (nSPS) is 18.2. The fraction of sp³-hybridized carbons (Fsp3) is 0.579. The van der Waals surface area contributed by atoms with Gasteiger partial charge in [-0.1, -0.05) is 13.0 Å². The Morgan fingerprint density at radius 3 is 2.71 bits per heavy atom. The fourth-order valence-corrected chi connectivity index (χ4v) is 3.26. The van der Waals surface area contributed by atoms with Crippen molar-refractivity contribution in [1.82, 2.24) is 9.80 Å². The SMILES string of the molecule is CCN(CC)C(=O)c1cccc(NC(=O)CN2CCC[C@@H](C)C2)c1. The molecule has 5 heteroatoms. The highest BCUT2D eigenvalue weighted by Crippen LogP contribution is 2.16. The summed E-state index contributed by atoms with van der Waals surface area (Å²) in [6.45, 7) is 9.90. The predicted molar refractivity (Wildman–Crippen MR) is 97.2 cm³/mol. The van der Waals surface area contributed by atoms with Crippen molar-refractivity contribution in [2.75, 3.05) is 38.0 Å². The van der Waals surface area contributed by atoms with E-state index in [2.05, 4.69) is 17.1 Å². The Hall–Kier alpha value is -1.88. The number of hydrogen-bond acceptors (Lipinski definition) is 3. The number of carbonyl (C=O) groups is 2. The Kier molecular flexibility index (Phi) is 6.79. The van der Waals surface area contributed by atoms with E-state index >= 15 is 0 Å². The van der Waals surface area contributed by atoms with E-state index in [0.29, 0.717) is 36.8 Å². The highest BCUT2D eigenvalue weighted by molar-refractivity contribution is 5.97. The van der Waals surface area contributed by atoms with Crippen LogP contribution in [0.2, 0.25) is 0 Å². The Morgan fingerprint density at radius 1 is 1.29 bits per heavy atom. The van der Waals surface area contributed by atoms with E-state index in [0.717, 1.165) is 19.5 Å². The van der Waals surface area contributed by atoms with Crippen molar-refractivity contribution in [3.63, 3.8) is 0 Å². The Bertz CT molecular complexity index is 569.